The molecule has 2 aromatic carbocycles. The molecule has 112 valence electrons. The van der Waals surface area contributed by atoms with Gasteiger partial charge in [0, 0.05) is 24.2 Å². The van der Waals surface area contributed by atoms with E-state index in [2.05, 4.69) is 16.7 Å². The van der Waals surface area contributed by atoms with Gasteiger partial charge in [-0.3, -0.25) is 4.79 Å². The molecule has 22 heavy (non-hydrogen) atoms. The number of nitriles is 1. The number of rotatable bonds is 5. The number of carbonyl (C=O) groups is 1. The summed E-state index contributed by atoms with van der Waals surface area (Å²) in [5.74, 6) is -0.101. The Balaban J connectivity index is 2.01. The minimum Gasteiger partial charge on any atom is -0.384 e. The third-order valence-electron chi connectivity index (χ3n) is 3.25. The predicted octanol–water partition coefficient (Wildman–Crippen LogP) is 3.23. The molecule has 2 aromatic rings. The molecular weight excluding hydrogens is 298 g/mol. The summed E-state index contributed by atoms with van der Waals surface area (Å²) in [5.41, 5.74) is 2.97. The maximum absolute atomic E-state index is 11.6. The molecule has 0 aromatic heterocycles. The Morgan fingerprint density at radius 1 is 1.27 bits per heavy atom. The zero-order valence-electron chi connectivity index (χ0n) is 12.2. The lowest BCUT2D eigenvalue weighted by Crippen LogP contribution is -2.18. The van der Waals surface area contributed by atoms with Crippen LogP contribution in [0.5, 0.6) is 0 Å². The fourth-order valence-electron chi connectivity index (χ4n) is 2.11. The summed E-state index contributed by atoms with van der Waals surface area (Å²) in [7, 11) is 1.61. The zero-order valence-corrected chi connectivity index (χ0v) is 12.9. The summed E-state index contributed by atoms with van der Waals surface area (Å²) >= 11 is 5.95. The number of nitrogens with one attached hydrogen (secondary N) is 2. The van der Waals surface area contributed by atoms with Gasteiger partial charge in [-0.1, -0.05) is 23.7 Å². The molecule has 0 spiro atoms. The highest BCUT2D eigenvalue weighted by Crippen LogP contribution is 2.20. The van der Waals surface area contributed by atoms with Crippen molar-refractivity contribution in [3.05, 3.63) is 64.2 Å². The molecule has 0 radical (unpaired) electrons. The van der Waals surface area contributed by atoms with Crippen LogP contribution < -0.4 is 10.6 Å². The molecule has 0 heterocycles. The van der Waals surface area contributed by atoms with E-state index in [4.69, 9.17) is 16.9 Å². The highest BCUT2D eigenvalue weighted by molar-refractivity contribution is 6.30. The number of benzene rings is 2. The fraction of sp³-hybridized carbons (Fsp3) is 0.176. The smallest absolute Gasteiger partial charge is 0.251 e. The molecule has 0 aliphatic heterocycles. The second-order valence-electron chi connectivity index (χ2n) is 4.76. The Kier molecular flexibility index (Phi) is 5.40. The van der Waals surface area contributed by atoms with Gasteiger partial charge in [0.25, 0.3) is 5.91 Å². The number of hydrogen-bond donors (Lipinski definition) is 2. The van der Waals surface area contributed by atoms with Gasteiger partial charge in [0.2, 0.25) is 0 Å². The molecular formula is C17H16ClN3O. The maximum Gasteiger partial charge on any atom is 0.251 e. The number of halogens is 1. The number of amides is 1. The van der Waals surface area contributed by atoms with Crippen LogP contribution in [0.2, 0.25) is 5.02 Å². The second-order valence-corrected chi connectivity index (χ2v) is 5.19. The average molecular weight is 314 g/mol. The molecule has 0 atom stereocenters. The first-order chi connectivity index (χ1) is 10.6. The van der Waals surface area contributed by atoms with E-state index in [1.165, 1.54) is 0 Å². The van der Waals surface area contributed by atoms with Crippen LogP contribution in [-0.4, -0.2) is 19.5 Å². The minimum absolute atomic E-state index is 0.101. The fourth-order valence-corrected chi connectivity index (χ4v) is 2.29. The van der Waals surface area contributed by atoms with Crippen LogP contribution in [-0.2, 0) is 6.42 Å². The topological polar surface area (TPSA) is 64.9 Å². The maximum atomic E-state index is 11.6. The van der Waals surface area contributed by atoms with Crippen molar-refractivity contribution < 1.29 is 4.79 Å². The number of hydrogen-bond acceptors (Lipinski definition) is 3. The van der Waals surface area contributed by atoms with Gasteiger partial charge in [-0.25, -0.2) is 0 Å². The molecule has 0 aliphatic rings. The Morgan fingerprint density at radius 2 is 2.09 bits per heavy atom. The summed E-state index contributed by atoms with van der Waals surface area (Å²) in [6, 6.07) is 14.7. The summed E-state index contributed by atoms with van der Waals surface area (Å²) in [6.07, 6.45) is 0.738. The summed E-state index contributed by atoms with van der Waals surface area (Å²) in [4.78, 5) is 11.6. The number of carbonyl (C=O) groups excluding carboxylic acids is 1. The molecule has 0 aliphatic carbocycles. The molecule has 0 saturated carbocycles. The molecule has 1 amide bonds. The molecule has 2 N–H and O–H groups in total. The van der Waals surface area contributed by atoms with E-state index in [0.29, 0.717) is 22.7 Å². The number of nitrogens with zero attached hydrogens (tertiary/aromatic N) is 1. The second kappa shape index (κ2) is 7.48. The Morgan fingerprint density at radius 3 is 2.82 bits per heavy atom. The van der Waals surface area contributed by atoms with Gasteiger partial charge in [-0.2, -0.15) is 5.26 Å². The van der Waals surface area contributed by atoms with Gasteiger partial charge < -0.3 is 10.6 Å². The number of anilines is 1. The summed E-state index contributed by atoms with van der Waals surface area (Å²) in [5, 5.41) is 15.5. The molecule has 0 saturated heterocycles. The molecule has 0 bridgehead atoms. The third kappa shape index (κ3) is 4.00. The van der Waals surface area contributed by atoms with Crippen molar-refractivity contribution in [1.29, 1.82) is 5.26 Å². The van der Waals surface area contributed by atoms with Crippen molar-refractivity contribution in [2.75, 3.05) is 18.9 Å². The van der Waals surface area contributed by atoms with Crippen molar-refractivity contribution in [2.45, 2.75) is 6.42 Å². The Hall–Kier alpha value is -2.51. The lowest BCUT2D eigenvalue weighted by molar-refractivity contribution is 0.0963. The molecule has 5 heteroatoms. The van der Waals surface area contributed by atoms with Crippen LogP contribution in [0.15, 0.2) is 42.5 Å². The SMILES string of the molecule is CNC(=O)c1cccc(CCNc2cc(Cl)ccc2C#N)c1. The van der Waals surface area contributed by atoms with Crippen LogP contribution in [0.3, 0.4) is 0 Å². The molecule has 0 unspecified atom stereocenters. The first-order valence-electron chi connectivity index (χ1n) is 6.88. The lowest BCUT2D eigenvalue weighted by Gasteiger charge is -2.09. The first kappa shape index (κ1) is 15.9. The highest BCUT2D eigenvalue weighted by atomic mass is 35.5. The van der Waals surface area contributed by atoms with Crippen molar-refractivity contribution in [1.82, 2.24) is 5.32 Å². The zero-order chi connectivity index (χ0) is 15.9. The Bertz CT molecular complexity index is 722. The van der Waals surface area contributed by atoms with Gasteiger partial charge in [-0.05, 0) is 42.3 Å². The van der Waals surface area contributed by atoms with Gasteiger partial charge in [0.15, 0.2) is 0 Å². The van der Waals surface area contributed by atoms with Crippen LogP contribution in [0.25, 0.3) is 0 Å². The van der Waals surface area contributed by atoms with Crippen LogP contribution in [0.4, 0.5) is 5.69 Å². The highest BCUT2D eigenvalue weighted by Gasteiger charge is 2.05. The monoisotopic (exact) mass is 313 g/mol. The standard InChI is InChI=1S/C17H16ClN3O/c1-20-17(22)13-4-2-3-12(9-13)7-8-21-16-10-15(18)6-5-14(16)11-19/h2-6,9-10,21H,7-8H2,1H3,(H,20,22). The van der Waals surface area contributed by atoms with Gasteiger partial charge >= 0.3 is 0 Å². The van der Waals surface area contributed by atoms with Crippen molar-refractivity contribution in [3.63, 3.8) is 0 Å². The third-order valence-corrected chi connectivity index (χ3v) is 3.48. The van der Waals surface area contributed by atoms with Gasteiger partial charge in [-0.15, -0.1) is 0 Å². The molecule has 4 nitrogen and oxygen atoms in total. The van der Waals surface area contributed by atoms with E-state index in [1.807, 2.05) is 18.2 Å². The first-order valence-corrected chi connectivity index (χ1v) is 7.26. The quantitative estimate of drug-likeness (QED) is 0.890. The van der Waals surface area contributed by atoms with Gasteiger partial charge in [0.05, 0.1) is 11.3 Å². The van der Waals surface area contributed by atoms with Gasteiger partial charge in [0.1, 0.15) is 6.07 Å². The van der Waals surface area contributed by atoms with E-state index >= 15 is 0 Å². The van der Waals surface area contributed by atoms with Crippen molar-refractivity contribution >= 4 is 23.2 Å². The van der Waals surface area contributed by atoms with E-state index < -0.39 is 0 Å². The van der Waals surface area contributed by atoms with E-state index in [-0.39, 0.29) is 5.91 Å². The predicted molar refractivity (Wildman–Crippen MR) is 88.2 cm³/mol. The summed E-state index contributed by atoms with van der Waals surface area (Å²) < 4.78 is 0. The van der Waals surface area contributed by atoms with Crippen molar-refractivity contribution in [2.24, 2.45) is 0 Å². The normalized spacial score (nSPS) is 9.86. The Labute approximate surface area is 134 Å². The average Bonchev–Trinajstić information content (AvgIpc) is 2.54. The minimum atomic E-state index is -0.101. The molecule has 0 fully saturated rings. The largest absolute Gasteiger partial charge is 0.384 e. The van der Waals surface area contributed by atoms with E-state index in [9.17, 15) is 4.79 Å². The van der Waals surface area contributed by atoms with Crippen LogP contribution >= 0.6 is 11.6 Å². The van der Waals surface area contributed by atoms with E-state index in [0.717, 1.165) is 17.7 Å². The summed E-state index contributed by atoms with van der Waals surface area (Å²) in [6.45, 7) is 0.645. The van der Waals surface area contributed by atoms with Crippen LogP contribution in [0, 0.1) is 11.3 Å². The lowest BCUT2D eigenvalue weighted by atomic mass is 10.1. The van der Waals surface area contributed by atoms with E-state index in [1.54, 1.807) is 31.3 Å². The van der Waals surface area contributed by atoms with Crippen molar-refractivity contribution in [3.8, 4) is 6.07 Å². The van der Waals surface area contributed by atoms with Crippen LogP contribution in [0.1, 0.15) is 21.5 Å². The molecule has 2 rings (SSSR count).